The summed E-state index contributed by atoms with van der Waals surface area (Å²) in [5.41, 5.74) is -0.0865. The number of carbonyl (C=O) groups is 1. The fraction of sp³-hybridized carbons (Fsp3) is 0.973. The Hall–Kier alpha value is -0.650. The van der Waals surface area contributed by atoms with E-state index in [4.69, 9.17) is 9.47 Å². The van der Waals surface area contributed by atoms with Gasteiger partial charge in [-0.25, -0.2) is 0 Å². The van der Waals surface area contributed by atoms with Gasteiger partial charge in [-0.15, -0.1) is 0 Å². The second-order valence-electron chi connectivity index (χ2n) is 17.9. The van der Waals surface area contributed by atoms with Crippen LogP contribution in [0.4, 0.5) is 0 Å². The Morgan fingerprint density at radius 1 is 0.881 bits per heavy atom. The zero-order valence-corrected chi connectivity index (χ0v) is 27.3. The summed E-state index contributed by atoms with van der Waals surface area (Å²) < 4.78 is 11.9. The van der Waals surface area contributed by atoms with E-state index < -0.39 is 5.60 Å². The standard InChI is InChI=1S/C37H60O5/c1-22-13-31-33(24(3)23(2)30-15-28(38)11-12-34(30,31)4)29-10-9-27(35(22,29)5)7-6-8-32(39)41-21-42-37-18-25-14-26(19-37)17-36(40,16-25)20-37/h22-31,33,38,40H,6-21H2,1-5H3/t22-,23-,24+,25?,26?,27?,28+,29?,30?,31?,33?,34-,35+,36?,37?/m0/s1. The van der Waals surface area contributed by atoms with E-state index in [9.17, 15) is 15.0 Å². The molecule has 4 bridgehead atoms. The van der Waals surface area contributed by atoms with E-state index in [0.29, 0.717) is 59.2 Å². The molecule has 8 saturated carbocycles. The lowest BCUT2D eigenvalue weighted by molar-refractivity contribution is -0.244. The summed E-state index contributed by atoms with van der Waals surface area (Å²) in [5, 5.41) is 21.6. The number of fused-ring (bicyclic) bond motifs is 5. The monoisotopic (exact) mass is 584 g/mol. The Kier molecular flexibility index (Phi) is 7.47. The summed E-state index contributed by atoms with van der Waals surface area (Å²) in [7, 11) is 0. The fourth-order valence-electron chi connectivity index (χ4n) is 14.1. The van der Waals surface area contributed by atoms with Gasteiger partial charge in [0.05, 0.1) is 17.3 Å². The summed E-state index contributed by atoms with van der Waals surface area (Å²) in [5.74, 6) is 6.85. The number of rotatable bonds is 7. The highest BCUT2D eigenvalue weighted by Gasteiger charge is 2.65. The molecule has 13 atom stereocenters. The van der Waals surface area contributed by atoms with Crippen molar-refractivity contribution >= 4 is 5.97 Å². The molecule has 8 rings (SSSR count). The summed E-state index contributed by atoms with van der Waals surface area (Å²) in [6.45, 7) is 12.9. The normalized spacial score (nSPS) is 56.0. The van der Waals surface area contributed by atoms with Crippen molar-refractivity contribution in [3.05, 3.63) is 0 Å². The van der Waals surface area contributed by atoms with E-state index in [2.05, 4.69) is 34.6 Å². The Bertz CT molecular complexity index is 1030. The zero-order chi connectivity index (χ0) is 29.7. The van der Waals surface area contributed by atoms with Crippen molar-refractivity contribution in [2.24, 2.45) is 70.0 Å². The highest BCUT2D eigenvalue weighted by molar-refractivity contribution is 5.69. The summed E-state index contributed by atoms with van der Waals surface area (Å²) in [6.07, 6.45) is 15.5. The Labute approximate surface area is 255 Å². The highest BCUT2D eigenvalue weighted by Crippen LogP contribution is 2.71. The number of esters is 1. The maximum Gasteiger partial charge on any atom is 0.307 e. The summed E-state index contributed by atoms with van der Waals surface area (Å²) in [6, 6.07) is 0. The van der Waals surface area contributed by atoms with Gasteiger partial charge in [0, 0.05) is 12.8 Å². The van der Waals surface area contributed by atoms with Gasteiger partial charge in [0.15, 0.2) is 6.79 Å². The average Bonchev–Trinajstić information content (AvgIpc) is 3.24. The molecule has 0 aromatic heterocycles. The maximum absolute atomic E-state index is 12.8. The first-order chi connectivity index (χ1) is 19.9. The van der Waals surface area contributed by atoms with Crippen molar-refractivity contribution in [2.75, 3.05) is 6.79 Å². The van der Waals surface area contributed by atoms with Gasteiger partial charge < -0.3 is 19.7 Å². The number of hydrogen-bond acceptors (Lipinski definition) is 5. The number of carbonyl (C=O) groups excluding carboxylic acids is 1. The van der Waals surface area contributed by atoms with E-state index in [1.54, 1.807) is 0 Å². The first-order valence-electron chi connectivity index (χ1n) is 18.1. The van der Waals surface area contributed by atoms with Gasteiger partial charge in [0.25, 0.3) is 0 Å². The van der Waals surface area contributed by atoms with E-state index in [0.717, 1.165) is 75.0 Å². The molecule has 5 heteroatoms. The molecule has 0 radical (unpaired) electrons. The first kappa shape index (κ1) is 30.0. The van der Waals surface area contributed by atoms with Gasteiger partial charge in [-0.1, -0.05) is 34.6 Å². The van der Waals surface area contributed by atoms with Crippen LogP contribution >= 0.6 is 0 Å². The number of aliphatic hydroxyl groups is 2. The lowest BCUT2D eigenvalue weighted by atomic mass is 9.39. The van der Waals surface area contributed by atoms with Gasteiger partial charge in [-0.2, -0.15) is 0 Å². The van der Waals surface area contributed by atoms with Crippen molar-refractivity contribution in [3.63, 3.8) is 0 Å². The van der Waals surface area contributed by atoms with Crippen molar-refractivity contribution in [1.29, 1.82) is 0 Å². The van der Waals surface area contributed by atoms with E-state index in [1.807, 2.05) is 0 Å². The van der Waals surface area contributed by atoms with Crippen LogP contribution in [-0.2, 0) is 14.3 Å². The first-order valence-corrected chi connectivity index (χ1v) is 18.1. The largest absolute Gasteiger partial charge is 0.438 e. The van der Waals surface area contributed by atoms with Crippen LogP contribution in [0.15, 0.2) is 0 Å². The van der Waals surface area contributed by atoms with E-state index in [1.165, 1.54) is 32.1 Å². The third kappa shape index (κ3) is 4.67. The van der Waals surface area contributed by atoms with Crippen LogP contribution in [-0.4, -0.2) is 40.3 Å². The molecule has 8 aliphatic carbocycles. The van der Waals surface area contributed by atoms with Crippen LogP contribution in [0, 0.1) is 70.0 Å². The van der Waals surface area contributed by atoms with Gasteiger partial charge in [-0.3, -0.25) is 4.79 Å². The minimum absolute atomic E-state index is 0.0462. The van der Waals surface area contributed by atoms with Gasteiger partial charge in [0.1, 0.15) is 0 Å². The lowest BCUT2D eigenvalue weighted by Gasteiger charge is -2.66. The molecular formula is C37H60O5. The number of hydrogen-bond donors (Lipinski definition) is 2. The van der Waals surface area contributed by atoms with Crippen LogP contribution in [0.2, 0.25) is 0 Å². The van der Waals surface area contributed by atoms with Crippen molar-refractivity contribution in [1.82, 2.24) is 0 Å². The Morgan fingerprint density at radius 3 is 2.33 bits per heavy atom. The lowest BCUT2D eigenvalue weighted by Crippen LogP contribution is -2.60. The van der Waals surface area contributed by atoms with Crippen LogP contribution < -0.4 is 0 Å². The van der Waals surface area contributed by atoms with Crippen molar-refractivity contribution in [3.8, 4) is 0 Å². The minimum atomic E-state index is -0.550. The average molecular weight is 585 g/mol. The SMILES string of the molecule is C[C@@H]1C2C[C@H](O)CC[C@]2(C)C2C[C@H](C)[C@]3(C)C(CCCC(=O)OCOC45CC6CC(CC(O)(C6)C4)C5)CCC3C2[C@@H]1C. The number of aliphatic hydroxyl groups excluding tert-OH is 1. The van der Waals surface area contributed by atoms with Crippen LogP contribution in [0.25, 0.3) is 0 Å². The molecule has 0 aromatic rings. The van der Waals surface area contributed by atoms with Crippen LogP contribution in [0.3, 0.4) is 0 Å². The molecule has 7 unspecified atom stereocenters. The molecule has 0 aromatic carbocycles. The summed E-state index contributed by atoms with van der Waals surface area (Å²) >= 11 is 0. The zero-order valence-electron chi connectivity index (χ0n) is 27.3. The highest BCUT2D eigenvalue weighted by atomic mass is 16.7. The molecule has 0 heterocycles. The molecule has 0 saturated heterocycles. The second-order valence-corrected chi connectivity index (χ2v) is 17.9. The Balaban J connectivity index is 0.936. The number of ether oxygens (including phenoxy) is 2. The molecule has 0 aliphatic heterocycles. The molecule has 238 valence electrons. The third-order valence-electron chi connectivity index (χ3n) is 15.9. The van der Waals surface area contributed by atoms with E-state index in [-0.39, 0.29) is 24.5 Å². The molecule has 5 nitrogen and oxygen atoms in total. The van der Waals surface area contributed by atoms with E-state index >= 15 is 0 Å². The van der Waals surface area contributed by atoms with Gasteiger partial charge in [0.2, 0.25) is 0 Å². The molecule has 2 N–H and O–H groups in total. The molecule has 0 amide bonds. The molecule has 42 heavy (non-hydrogen) atoms. The predicted octanol–water partition coefficient (Wildman–Crippen LogP) is 7.52. The molecule has 0 spiro atoms. The minimum Gasteiger partial charge on any atom is -0.438 e. The molecular weight excluding hydrogens is 524 g/mol. The third-order valence-corrected chi connectivity index (χ3v) is 15.9. The Morgan fingerprint density at radius 2 is 1.62 bits per heavy atom. The van der Waals surface area contributed by atoms with Gasteiger partial charge in [-0.05, 0) is 153 Å². The predicted molar refractivity (Wildman–Crippen MR) is 163 cm³/mol. The van der Waals surface area contributed by atoms with Crippen molar-refractivity contribution in [2.45, 2.75) is 148 Å². The van der Waals surface area contributed by atoms with Crippen molar-refractivity contribution < 1.29 is 24.5 Å². The second kappa shape index (κ2) is 10.4. The molecule has 8 aliphatic rings. The van der Waals surface area contributed by atoms with Crippen LogP contribution in [0.1, 0.15) is 131 Å². The van der Waals surface area contributed by atoms with Gasteiger partial charge >= 0.3 is 5.97 Å². The summed E-state index contributed by atoms with van der Waals surface area (Å²) in [4.78, 5) is 12.8. The smallest absolute Gasteiger partial charge is 0.307 e. The fourth-order valence-corrected chi connectivity index (χ4v) is 14.1. The topological polar surface area (TPSA) is 76.0 Å². The molecule has 8 fully saturated rings. The van der Waals surface area contributed by atoms with Crippen LogP contribution in [0.5, 0.6) is 0 Å². The quantitative estimate of drug-likeness (QED) is 0.239. The maximum atomic E-state index is 12.8.